The highest BCUT2D eigenvalue weighted by Crippen LogP contribution is 2.19. The molecule has 28 heavy (non-hydrogen) atoms. The third-order valence-corrected chi connectivity index (χ3v) is 3.57. The number of nitrogens with zero attached hydrogens (tertiary/aromatic N) is 1. The second kappa shape index (κ2) is 9.42. The Hall–Kier alpha value is -3.53. The minimum absolute atomic E-state index is 0.00654. The number of halogens is 2. The summed E-state index contributed by atoms with van der Waals surface area (Å²) in [5.74, 6) is -2.95. The van der Waals surface area contributed by atoms with Gasteiger partial charge in [0.1, 0.15) is 12.4 Å². The SMILES string of the molecule is O=C(COC(=O)CNC(=O)c1cccc([N+](=O)[O-])c1)Nc1ccc(F)c(Cl)c1. The molecule has 2 aromatic carbocycles. The van der Waals surface area contributed by atoms with Crippen LogP contribution in [-0.2, 0) is 14.3 Å². The van der Waals surface area contributed by atoms with Crippen molar-refractivity contribution in [1.29, 1.82) is 0 Å². The maximum Gasteiger partial charge on any atom is 0.325 e. The van der Waals surface area contributed by atoms with Crippen molar-refractivity contribution >= 4 is 40.8 Å². The van der Waals surface area contributed by atoms with E-state index in [0.717, 1.165) is 12.1 Å². The Kier molecular flexibility index (Phi) is 6.99. The lowest BCUT2D eigenvalue weighted by atomic mass is 10.2. The van der Waals surface area contributed by atoms with Crippen molar-refractivity contribution in [3.8, 4) is 0 Å². The molecule has 0 unspecified atom stereocenters. The molecule has 0 radical (unpaired) electrons. The number of rotatable bonds is 7. The number of carbonyl (C=O) groups is 3. The summed E-state index contributed by atoms with van der Waals surface area (Å²) in [7, 11) is 0. The molecule has 0 aromatic heterocycles. The van der Waals surface area contributed by atoms with Crippen molar-refractivity contribution in [1.82, 2.24) is 5.32 Å². The van der Waals surface area contributed by atoms with Crippen LogP contribution in [-0.4, -0.2) is 35.9 Å². The van der Waals surface area contributed by atoms with E-state index in [-0.39, 0.29) is 22.0 Å². The van der Waals surface area contributed by atoms with Crippen molar-refractivity contribution < 1.29 is 28.4 Å². The molecular weight excluding hydrogens is 397 g/mol. The number of nitro groups is 1. The van der Waals surface area contributed by atoms with Crippen LogP contribution in [0.5, 0.6) is 0 Å². The summed E-state index contributed by atoms with van der Waals surface area (Å²) in [6.45, 7) is -1.18. The van der Waals surface area contributed by atoms with E-state index in [1.807, 2.05) is 0 Å². The lowest BCUT2D eigenvalue weighted by molar-refractivity contribution is -0.384. The Morgan fingerprint density at radius 2 is 1.93 bits per heavy atom. The van der Waals surface area contributed by atoms with Gasteiger partial charge in [0, 0.05) is 23.4 Å². The van der Waals surface area contributed by atoms with E-state index in [1.165, 1.54) is 30.3 Å². The largest absolute Gasteiger partial charge is 0.454 e. The summed E-state index contributed by atoms with van der Waals surface area (Å²) in [6.07, 6.45) is 0. The van der Waals surface area contributed by atoms with E-state index in [4.69, 9.17) is 16.3 Å². The van der Waals surface area contributed by atoms with Gasteiger partial charge in [-0.2, -0.15) is 0 Å². The monoisotopic (exact) mass is 409 g/mol. The molecule has 0 saturated carbocycles. The second-order valence-electron chi connectivity index (χ2n) is 5.33. The Morgan fingerprint density at radius 1 is 1.18 bits per heavy atom. The molecule has 0 spiro atoms. The lowest BCUT2D eigenvalue weighted by Gasteiger charge is -2.08. The number of amides is 2. The van der Waals surface area contributed by atoms with Gasteiger partial charge in [0.05, 0.1) is 9.95 Å². The summed E-state index contributed by atoms with van der Waals surface area (Å²) < 4.78 is 17.7. The Labute approximate surface area is 162 Å². The molecule has 0 aliphatic carbocycles. The number of nitrogens with one attached hydrogen (secondary N) is 2. The average Bonchev–Trinajstić information content (AvgIpc) is 2.67. The van der Waals surface area contributed by atoms with E-state index >= 15 is 0 Å². The van der Waals surface area contributed by atoms with Crippen molar-refractivity contribution in [2.75, 3.05) is 18.5 Å². The molecule has 9 nitrogen and oxygen atoms in total. The topological polar surface area (TPSA) is 128 Å². The number of hydrogen-bond acceptors (Lipinski definition) is 6. The maximum atomic E-state index is 13.0. The van der Waals surface area contributed by atoms with Crippen LogP contribution < -0.4 is 10.6 Å². The molecule has 0 bridgehead atoms. The summed E-state index contributed by atoms with van der Waals surface area (Å²) in [4.78, 5) is 45.2. The first-order valence-corrected chi connectivity index (χ1v) is 8.07. The van der Waals surface area contributed by atoms with E-state index < -0.39 is 41.7 Å². The number of anilines is 1. The number of non-ortho nitro benzene ring substituents is 1. The predicted molar refractivity (Wildman–Crippen MR) is 96.4 cm³/mol. The van der Waals surface area contributed by atoms with Crippen molar-refractivity contribution in [3.63, 3.8) is 0 Å². The van der Waals surface area contributed by atoms with Gasteiger partial charge in [-0.3, -0.25) is 24.5 Å². The molecule has 146 valence electrons. The molecule has 0 atom stereocenters. The maximum absolute atomic E-state index is 13.0. The second-order valence-corrected chi connectivity index (χ2v) is 5.74. The van der Waals surface area contributed by atoms with Gasteiger partial charge in [-0.05, 0) is 24.3 Å². The van der Waals surface area contributed by atoms with Crippen LogP contribution in [0.3, 0.4) is 0 Å². The highest BCUT2D eigenvalue weighted by Gasteiger charge is 2.14. The van der Waals surface area contributed by atoms with E-state index in [1.54, 1.807) is 0 Å². The molecule has 0 aliphatic rings. The van der Waals surface area contributed by atoms with Gasteiger partial charge in [0.15, 0.2) is 6.61 Å². The predicted octanol–water partition coefficient (Wildman–Crippen LogP) is 2.30. The third-order valence-electron chi connectivity index (χ3n) is 3.28. The molecule has 0 fully saturated rings. The van der Waals surface area contributed by atoms with Crippen molar-refractivity contribution in [2.45, 2.75) is 0 Å². The molecule has 2 rings (SSSR count). The first-order valence-electron chi connectivity index (χ1n) is 7.69. The number of hydrogen-bond donors (Lipinski definition) is 2. The zero-order valence-corrected chi connectivity index (χ0v) is 14.9. The summed E-state index contributed by atoms with van der Waals surface area (Å²) in [6, 6.07) is 8.48. The van der Waals surface area contributed by atoms with E-state index in [9.17, 15) is 28.9 Å². The smallest absolute Gasteiger partial charge is 0.325 e. The summed E-state index contributed by atoms with van der Waals surface area (Å²) >= 11 is 5.58. The van der Waals surface area contributed by atoms with Gasteiger partial charge in [-0.15, -0.1) is 0 Å². The number of benzene rings is 2. The first kappa shape index (κ1) is 20.8. The normalized spacial score (nSPS) is 10.1. The molecule has 0 saturated heterocycles. The van der Waals surface area contributed by atoms with Gasteiger partial charge in [-0.1, -0.05) is 17.7 Å². The molecule has 2 N–H and O–H groups in total. The molecular formula is C17H13ClFN3O6. The average molecular weight is 410 g/mol. The van der Waals surface area contributed by atoms with Crippen LogP contribution >= 0.6 is 11.6 Å². The fourth-order valence-corrected chi connectivity index (χ4v) is 2.16. The van der Waals surface area contributed by atoms with Gasteiger partial charge in [0.2, 0.25) is 0 Å². The van der Waals surface area contributed by atoms with Gasteiger partial charge >= 0.3 is 5.97 Å². The minimum atomic E-state index is -0.897. The van der Waals surface area contributed by atoms with E-state index in [2.05, 4.69) is 10.6 Å². The van der Waals surface area contributed by atoms with Crippen LogP contribution in [0, 0.1) is 15.9 Å². The number of carbonyl (C=O) groups excluding carboxylic acids is 3. The van der Waals surface area contributed by atoms with E-state index in [0.29, 0.717) is 0 Å². The fourth-order valence-electron chi connectivity index (χ4n) is 1.98. The number of nitro benzene ring substituents is 1. The van der Waals surface area contributed by atoms with Crippen LogP contribution in [0.1, 0.15) is 10.4 Å². The highest BCUT2D eigenvalue weighted by atomic mass is 35.5. The van der Waals surface area contributed by atoms with Crippen LogP contribution in [0.2, 0.25) is 5.02 Å². The molecule has 0 aliphatic heterocycles. The number of ether oxygens (including phenoxy) is 1. The molecule has 2 aromatic rings. The first-order chi connectivity index (χ1) is 13.3. The Balaban J connectivity index is 1.78. The fraction of sp³-hybridized carbons (Fsp3) is 0.118. The van der Waals surface area contributed by atoms with Gasteiger partial charge in [-0.25, -0.2) is 4.39 Å². The Morgan fingerprint density at radius 3 is 2.61 bits per heavy atom. The zero-order chi connectivity index (χ0) is 20.7. The summed E-state index contributed by atoms with van der Waals surface area (Å²) in [5, 5.41) is 15.1. The van der Waals surface area contributed by atoms with Crippen LogP contribution in [0.25, 0.3) is 0 Å². The Bertz CT molecular complexity index is 937. The quantitative estimate of drug-likeness (QED) is 0.410. The molecule has 2 amide bonds. The number of esters is 1. The molecule has 11 heteroatoms. The van der Waals surface area contributed by atoms with Gasteiger partial charge < -0.3 is 15.4 Å². The van der Waals surface area contributed by atoms with Crippen LogP contribution in [0.4, 0.5) is 15.8 Å². The minimum Gasteiger partial charge on any atom is -0.454 e. The van der Waals surface area contributed by atoms with Crippen molar-refractivity contribution in [2.24, 2.45) is 0 Å². The standard InChI is InChI=1S/C17H13ClFN3O6/c18-13-7-11(4-5-14(13)19)21-15(23)9-28-16(24)8-20-17(25)10-2-1-3-12(6-10)22(26)27/h1-7H,8-9H2,(H,20,25)(H,21,23). The van der Waals surface area contributed by atoms with Crippen molar-refractivity contribution in [3.05, 3.63) is 69.0 Å². The lowest BCUT2D eigenvalue weighted by Crippen LogP contribution is -2.32. The highest BCUT2D eigenvalue weighted by molar-refractivity contribution is 6.31. The third kappa shape index (κ3) is 6.02. The van der Waals surface area contributed by atoms with Crippen LogP contribution in [0.15, 0.2) is 42.5 Å². The molecule has 0 heterocycles. The zero-order valence-electron chi connectivity index (χ0n) is 14.1. The van der Waals surface area contributed by atoms with Gasteiger partial charge in [0.25, 0.3) is 17.5 Å². The summed E-state index contributed by atoms with van der Waals surface area (Å²) in [5.41, 5.74) is -0.0628.